The number of carboxylic acids is 1. The Kier molecular flexibility index (Phi) is 11.2. The number of hydrogen-bond donors (Lipinski definition) is 2. The third-order valence-corrected chi connectivity index (χ3v) is 4.39. The molecule has 0 spiro atoms. The smallest absolute Gasteiger partial charge is 0.480 e. The van der Waals surface area contributed by atoms with Gasteiger partial charge < -0.3 is 29.4 Å². The molecule has 0 aliphatic carbocycles. The molecule has 0 saturated heterocycles. The van der Waals surface area contributed by atoms with E-state index < -0.39 is 36.2 Å². The number of carbonyl (C=O) groups excluding carboxylic acids is 3. The first-order valence-electron chi connectivity index (χ1n) is 10.3. The maximum Gasteiger partial charge on any atom is 0.508 e. The van der Waals surface area contributed by atoms with Crippen LogP contribution in [-0.2, 0) is 30.3 Å². The number of hydrogen-bond acceptors (Lipinski definition) is 9. The lowest BCUT2D eigenvalue weighted by atomic mass is 10.0. The Labute approximate surface area is 187 Å². The summed E-state index contributed by atoms with van der Waals surface area (Å²) in [6.07, 6.45) is -0.524. The van der Waals surface area contributed by atoms with Crippen LogP contribution in [0.5, 0.6) is 11.5 Å². The molecule has 0 aliphatic rings. The molecule has 32 heavy (non-hydrogen) atoms. The summed E-state index contributed by atoms with van der Waals surface area (Å²) in [4.78, 5) is 45.9. The van der Waals surface area contributed by atoms with E-state index >= 15 is 0 Å². The van der Waals surface area contributed by atoms with Crippen LogP contribution in [0.4, 0.5) is 4.79 Å². The Hall–Kier alpha value is -3.14. The summed E-state index contributed by atoms with van der Waals surface area (Å²) >= 11 is 0. The Morgan fingerprint density at radius 2 is 1.66 bits per heavy atom. The van der Waals surface area contributed by atoms with E-state index in [-0.39, 0.29) is 37.0 Å². The molecule has 1 aromatic carbocycles. The molecular weight excluding hydrogens is 422 g/mol. The minimum atomic E-state index is -1.12. The second-order valence-electron chi connectivity index (χ2n) is 7.47. The molecule has 0 saturated carbocycles. The fourth-order valence-electron chi connectivity index (χ4n) is 2.51. The average Bonchev–Trinajstić information content (AvgIpc) is 2.70. The van der Waals surface area contributed by atoms with Crippen molar-refractivity contribution in [1.82, 2.24) is 5.32 Å². The first-order valence-corrected chi connectivity index (χ1v) is 10.3. The van der Waals surface area contributed by atoms with Crippen molar-refractivity contribution in [2.75, 3.05) is 13.2 Å². The number of nitrogens with one attached hydrogen (secondary N) is 1. The number of carboxylic acid groups (broad SMARTS) is 1. The molecular formula is C22H31NO9. The molecule has 0 amide bonds. The average molecular weight is 453 g/mol. The quantitative estimate of drug-likeness (QED) is 0.359. The Morgan fingerprint density at radius 1 is 1.03 bits per heavy atom. The molecule has 2 unspecified atom stereocenters. The molecule has 0 fully saturated rings. The van der Waals surface area contributed by atoms with Crippen molar-refractivity contribution < 1.29 is 43.2 Å². The predicted octanol–water partition coefficient (Wildman–Crippen LogP) is 2.71. The van der Waals surface area contributed by atoms with Crippen LogP contribution in [0.1, 0.15) is 46.6 Å². The van der Waals surface area contributed by atoms with Gasteiger partial charge >= 0.3 is 24.1 Å². The highest BCUT2D eigenvalue weighted by atomic mass is 16.7. The molecule has 0 bridgehead atoms. The molecule has 10 nitrogen and oxygen atoms in total. The van der Waals surface area contributed by atoms with Gasteiger partial charge in [0, 0.05) is 20.4 Å². The summed E-state index contributed by atoms with van der Waals surface area (Å²) in [7, 11) is 0. The fourth-order valence-corrected chi connectivity index (χ4v) is 2.51. The monoisotopic (exact) mass is 453 g/mol. The lowest BCUT2D eigenvalue weighted by Gasteiger charge is -2.19. The topological polar surface area (TPSA) is 137 Å². The van der Waals surface area contributed by atoms with Gasteiger partial charge in [0.15, 0.2) is 11.5 Å². The summed E-state index contributed by atoms with van der Waals surface area (Å²) in [5.74, 6) is -2.04. The number of aliphatic carboxylic acids is 1. The first-order chi connectivity index (χ1) is 15.0. The zero-order valence-electron chi connectivity index (χ0n) is 19.0. The molecule has 2 N–H and O–H groups in total. The van der Waals surface area contributed by atoms with Crippen molar-refractivity contribution in [2.24, 2.45) is 5.92 Å². The third-order valence-electron chi connectivity index (χ3n) is 4.39. The van der Waals surface area contributed by atoms with Crippen LogP contribution < -0.4 is 14.8 Å². The van der Waals surface area contributed by atoms with Crippen LogP contribution in [-0.4, -0.2) is 54.5 Å². The van der Waals surface area contributed by atoms with Crippen molar-refractivity contribution in [3.63, 3.8) is 0 Å². The zero-order chi connectivity index (χ0) is 24.3. The number of ether oxygens (including phenoxy) is 4. The summed E-state index contributed by atoms with van der Waals surface area (Å²) in [6, 6.07) is 3.41. The molecule has 0 radical (unpaired) electrons. The molecule has 3 atom stereocenters. The van der Waals surface area contributed by atoms with Gasteiger partial charge in [0.1, 0.15) is 12.1 Å². The number of rotatable bonds is 12. The van der Waals surface area contributed by atoms with Crippen molar-refractivity contribution >= 4 is 24.1 Å². The predicted molar refractivity (Wildman–Crippen MR) is 114 cm³/mol. The molecule has 0 aromatic heterocycles. The highest BCUT2D eigenvalue weighted by Crippen LogP contribution is 2.29. The lowest BCUT2D eigenvalue weighted by Crippen LogP contribution is -2.42. The van der Waals surface area contributed by atoms with E-state index in [1.165, 1.54) is 26.0 Å². The largest absolute Gasteiger partial charge is 0.508 e. The van der Waals surface area contributed by atoms with Gasteiger partial charge in [-0.15, -0.1) is 0 Å². The Bertz CT molecular complexity index is 809. The van der Waals surface area contributed by atoms with Gasteiger partial charge in [-0.25, -0.2) is 4.79 Å². The standard InChI is InChI=1S/C22H31NO9/c1-6-13(2)12-29-22(28)30-14(3)11-23-18(21(26)27)9-17-7-8-19(31-15(4)24)20(10-17)32-16(5)25/h7-8,10,13-14,18,23H,6,9,11-12H2,1-5H3,(H,26,27)/t13?,14?,18-/m0/s1. The van der Waals surface area contributed by atoms with Crippen LogP contribution in [0.25, 0.3) is 0 Å². The molecule has 10 heteroatoms. The van der Waals surface area contributed by atoms with E-state index in [2.05, 4.69) is 5.32 Å². The second kappa shape index (κ2) is 13.3. The van der Waals surface area contributed by atoms with E-state index in [1.807, 2.05) is 13.8 Å². The van der Waals surface area contributed by atoms with E-state index in [0.717, 1.165) is 6.42 Å². The number of benzene rings is 1. The molecule has 1 aromatic rings. The molecule has 1 rings (SSSR count). The SMILES string of the molecule is CCC(C)COC(=O)OC(C)CN[C@@H](Cc1ccc(OC(C)=O)c(OC(C)=O)c1)C(=O)O. The summed E-state index contributed by atoms with van der Waals surface area (Å²) in [6.45, 7) is 8.28. The van der Waals surface area contributed by atoms with Gasteiger partial charge in [-0.3, -0.25) is 14.4 Å². The van der Waals surface area contributed by atoms with Crippen LogP contribution in [0.2, 0.25) is 0 Å². The third kappa shape index (κ3) is 10.3. The van der Waals surface area contributed by atoms with Gasteiger partial charge in [-0.05, 0) is 37.0 Å². The Balaban J connectivity index is 2.74. The van der Waals surface area contributed by atoms with Crippen molar-refractivity contribution in [3.8, 4) is 11.5 Å². The van der Waals surface area contributed by atoms with E-state index in [0.29, 0.717) is 5.56 Å². The van der Waals surface area contributed by atoms with Crippen LogP contribution in [0.3, 0.4) is 0 Å². The van der Waals surface area contributed by atoms with Crippen molar-refractivity contribution in [3.05, 3.63) is 23.8 Å². The van der Waals surface area contributed by atoms with E-state index in [1.54, 1.807) is 13.0 Å². The second-order valence-corrected chi connectivity index (χ2v) is 7.47. The van der Waals surface area contributed by atoms with Crippen LogP contribution in [0.15, 0.2) is 18.2 Å². The molecule has 178 valence electrons. The summed E-state index contributed by atoms with van der Waals surface area (Å²) in [5, 5.41) is 12.4. The summed E-state index contributed by atoms with van der Waals surface area (Å²) < 4.78 is 20.2. The fraction of sp³-hybridized carbons (Fsp3) is 0.545. The minimum Gasteiger partial charge on any atom is -0.480 e. The first kappa shape index (κ1) is 26.9. The highest BCUT2D eigenvalue weighted by Gasteiger charge is 2.21. The number of esters is 2. The highest BCUT2D eigenvalue weighted by molar-refractivity contribution is 5.75. The van der Waals surface area contributed by atoms with Gasteiger partial charge in [0.25, 0.3) is 0 Å². The maximum atomic E-state index is 11.7. The Morgan fingerprint density at radius 3 is 2.22 bits per heavy atom. The number of carbonyl (C=O) groups is 4. The minimum absolute atomic E-state index is 0.00935. The zero-order valence-corrected chi connectivity index (χ0v) is 19.0. The van der Waals surface area contributed by atoms with Crippen molar-refractivity contribution in [1.29, 1.82) is 0 Å². The van der Waals surface area contributed by atoms with Crippen molar-refractivity contribution in [2.45, 2.75) is 59.6 Å². The lowest BCUT2D eigenvalue weighted by molar-refractivity contribution is -0.139. The van der Waals surface area contributed by atoms with Gasteiger partial charge in [-0.1, -0.05) is 26.3 Å². The van der Waals surface area contributed by atoms with Gasteiger partial charge in [-0.2, -0.15) is 0 Å². The van der Waals surface area contributed by atoms with Gasteiger partial charge in [0.2, 0.25) is 0 Å². The van der Waals surface area contributed by atoms with E-state index in [4.69, 9.17) is 18.9 Å². The van der Waals surface area contributed by atoms with Gasteiger partial charge in [0.05, 0.1) is 6.61 Å². The maximum absolute atomic E-state index is 11.7. The normalized spacial score (nSPS) is 13.4. The summed E-state index contributed by atoms with van der Waals surface area (Å²) in [5.41, 5.74) is 0.526. The molecule has 0 aliphatic heterocycles. The van der Waals surface area contributed by atoms with Crippen LogP contribution in [0, 0.1) is 5.92 Å². The van der Waals surface area contributed by atoms with Crippen LogP contribution >= 0.6 is 0 Å². The van der Waals surface area contributed by atoms with E-state index in [9.17, 15) is 24.3 Å². The molecule has 0 heterocycles.